The van der Waals surface area contributed by atoms with Gasteiger partial charge in [-0.2, -0.15) is 0 Å². The van der Waals surface area contributed by atoms with E-state index in [4.69, 9.17) is 0 Å². The summed E-state index contributed by atoms with van der Waals surface area (Å²) >= 11 is 0. The van der Waals surface area contributed by atoms with Gasteiger partial charge in [0.1, 0.15) is 5.82 Å². The van der Waals surface area contributed by atoms with E-state index in [9.17, 15) is 22.4 Å². The molecule has 0 atom stereocenters. The Labute approximate surface area is 175 Å². The number of hydrogen-bond acceptors (Lipinski definition) is 5. The summed E-state index contributed by atoms with van der Waals surface area (Å²) in [4.78, 5) is 26.7. The van der Waals surface area contributed by atoms with E-state index in [2.05, 4.69) is 10.6 Å². The quantitative estimate of drug-likeness (QED) is 0.727. The largest absolute Gasteiger partial charge is 0.349 e. The normalized spacial score (nSPS) is 15.5. The zero-order valence-corrected chi connectivity index (χ0v) is 17.4. The number of benzene rings is 2. The smallest absolute Gasteiger partial charge is 0.251 e. The van der Waals surface area contributed by atoms with Crippen LogP contribution in [0.5, 0.6) is 0 Å². The molecule has 0 aromatic heterocycles. The van der Waals surface area contributed by atoms with Crippen LogP contribution in [0.15, 0.2) is 53.4 Å². The van der Waals surface area contributed by atoms with Crippen LogP contribution in [0.1, 0.15) is 23.2 Å². The van der Waals surface area contributed by atoms with Crippen LogP contribution in [0.3, 0.4) is 0 Å². The van der Waals surface area contributed by atoms with Gasteiger partial charge in [0.2, 0.25) is 5.91 Å². The van der Waals surface area contributed by atoms with Crippen molar-refractivity contribution in [2.75, 3.05) is 31.2 Å². The molecule has 0 saturated carbocycles. The van der Waals surface area contributed by atoms with Crippen molar-refractivity contribution in [1.29, 1.82) is 0 Å². The van der Waals surface area contributed by atoms with Crippen molar-refractivity contribution >= 4 is 27.3 Å². The minimum absolute atomic E-state index is 0.00620. The summed E-state index contributed by atoms with van der Waals surface area (Å²) in [7, 11) is -3.34. The second-order valence-electron chi connectivity index (χ2n) is 7.38. The first kappa shape index (κ1) is 21.9. The highest BCUT2D eigenvalue weighted by molar-refractivity contribution is 7.90. The van der Waals surface area contributed by atoms with E-state index in [1.165, 1.54) is 36.4 Å². The van der Waals surface area contributed by atoms with Crippen molar-refractivity contribution in [2.24, 2.45) is 0 Å². The van der Waals surface area contributed by atoms with Gasteiger partial charge < -0.3 is 10.6 Å². The molecule has 0 spiro atoms. The van der Waals surface area contributed by atoms with Gasteiger partial charge in [-0.25, -0.2) is 12.8 Å². The fraction of sp³-hybridized carbons (Fsp3) is 0.333. The lowest BCUT2D eigenvalue weighted by Gasteiger charge is -2.31. The number of carbonyl (C=O) groups excluding carboxylic acids is 2. The maximum absolute atomic E-state index is 13.0. The first-order valence-corrected chi connectivity index (χ1v) is 11.5. The first-order chi connectivity index (χ1) is 14.2. The molecule has 3 rings (SSSR count). The lowest BCUT2D eigenvalue weighted by molar-refractivity contribution is -0.117. The van der Waals surface area contributed by atoms with E-state index in [0.717, 1.165) is 6.26 Å². The van der Waals surface area contributed by atoms with Gasteiger partial charge in [0, 0.05) is 36.6 Å². The van der Waals surface area contributed by atoms with E-state index in [1.807, 2.05) is 4.90 Å². The van der Waals surface area contributed by atoms with Crippen LogP contribution in [0.25, 0.3) is 0 Å². The fourth-order valence-corrected chi connectivity index (χ4v) is 3.98. The molecule has 2 aromatic rings. The summed E-state index contributed by atoms with van der Waals surface area (Å²) in [5.74, 6) is -0.854. The van der Waals surface area contributed by atoms with Crippen molar-refractivity contribution in [2.45, 2.75) is 23.8 Å². The van der Waals surface area contributed by atoms with Gasteiger partial charge >= 0.3 is 0 Å². The first-order valence-electron chi connectivity index (χ1n) is 9.59. The van der Waals surface area contributed by atoms with E-state index in [1.54, 1.807) is 12.1 Å². The van der Waals surface area contributed by atoms with Gasteiger partial charge in [-0.3, -0.25) is 14.5 Å². The number of nitrogens with zero attached hydrogens (tertiary/aromatic N) is 1. The Balaban J connectivity index is 1.46. The maximum Gasteiger partial charge on any atom is 0.251 e. The second kappa shape index (κ2) is 9.36. The highest BCUT2D eigenvalue weighted by atomic mass is 32.2. The number of sulfone groups is 1. The molecule has 7 nitrogen and oxygen atoms in total. The molecule has 1 fully saturated rings. The minimum atomic E-state index is -3.34. The van der Waals surface area contributed by atoms with E-state index in [0.29, 0.717) is 37.2 Å². The number of rotatable bonds is 6. The van der Waals surface area contributed by atoms with Crippen molar-refractivity contribution < 1.29 is 22.4 Å². The Morgan fingerprint density at radius 2 is 1.77 bits per heavy atom. The van der Waals surface area contributed by atoms with Crippen LogP contribution in [0, 0.1) is 5.82 Å². The Hall–Kier alpha value is -2.78. The monoisotopic (exact) mass is 433 g/mol. The second-order valence-corrected chi connectivity index (χ2v) is 9.39. The Morgan fingerprint density at radius 1 is 1.10 bits per heavy atom. The van der Waals surface area contributed by atoms with Gasteiger partial charge in [-0.15, -0.1) is 0 Å². The van der Waals surface area contributed by atoms with Crippen LogP contribution in [-0.4, -0.2) is 57.1 Å². The highest BCUT2D eigenvalue weighted by Gasteiger charge is 2.22. The van der Waals surface area contributed by atoms with Gasteiger partial charge in [-0.05, 0) is 55.3 Å². The van der Waals surface area contributed by atoms with E-state index < -0.39 is 9.84 Å². The van der Waals surface area contributed by atoms with E-state index in [-0.39, 0.29) is 35.1 Å². The van der Waals surface area contributed by atoms with Gasteiger partial charge in [0.15, 0.2) is 9.84 Å². The Kier molecular flexibility index (Phi) is 6.84. The number of carbonyl (C=O) groups is 2. The topological polar surface area (TPSA) is 95.6 Å². The number of nitrogens with one attached hydrogen (secondary N) is 2. The van der Waals surface area contributed by atoms with Gasteiger partial charge in [0.05, 0.1) is 11.4 Å². The third kappa shape index (κ3) is 6.11. The molecule has 0 unspecified atom stereocenters. The molecule has 1 aliphatic heterocycles. The summed E-state index contributed by atoms with van der Waals surface area (Å²) in [5.41, 5.74) is 0.846. The molecule has 0 radical (unpaired) electrons. The number of piperidine rings is 1. The number of likely N-dealkylation sites (tertiary alicyclic amines) is 1. The molecule has 1 heterocycles. The SMILES string of the molecule is CS(=O)(=O)c1cccc(NC(=O)CN2CCC(NC(=O)c3ccc(F)cc3)CC2)c1. The van der Waals surface area contributed by atoms with Crippen LogP contribution in [0.2, 0.25) is 0 Å². The van der Waals surface area contributed by atoms with Crippen LogP contribution >= 0.6 is 0 Å². The van der Waals surface area contributed by atoms with Crippen molar-refractivity contribution in [1.82, 2.24) is 10.2 Å². The summed E-state index contributed by atoms with van der Waals surface area (Å²) in [6.45, 7) is 1.47. The Morgan fingerprint density at radius 3 is 2.40 bits per heavy atom. The molecular weight excluding hydrogens is 409 g/mol. The lowest BCUT2D eigenvalue weighted by atomic mass is 10.0. The summed E-state index contributed by atoms with van der Waals surface area (Å²) in [6, 6.07) is 11.5. The molecule has 160 valence electrons. The number of hydrogen-bond donors (Lipinski definition) is 2. The lowest BCUT2D eigenvalue weighted by Crippen LogP contribution is -2.46. The molecular formula is C21H24FN3O4S. The summed E-state index contributed by atoms with van der Waals surface area (Å²) in [5, 5.41) is 5.67. The highest BCUT2D eigenvalue weighted by Crippen LogP contribution is 2.16. The number of anilines is 1. The zero-order valence-electron chi connectivity index (χ0n) is 16.6. The average molecular weight is 434 g/mol. The van der Waals surface area contributed by atoms with Crippen LogP contribution in [-0.2, 0) is 14.6 Å². The number of halogens is 1. The molecule has 9 heteroatoms. The number of amides is 2. The van der Waals surface area contributed by atoms with Crippen molar-refractivity contribution in [3.05, 3.63) is 59.9 Å². The molecule has 0 bridgehead atoms. The zero-order chi connectivity index (χ0) is 21.7. The summed E-state index contributed by atoms with van der Waals surface area (Å²) < 4.78 is 36.2. The fourth-order valence-electron chi connectivity index (χ4n) is 3.31. The van der Waals surface area contributed by atoms with Crippen LogP contribution < -0.4 is 10.6 Å². The standard InChI is InChI=1S/C21H24FN3O4S/c1-30(28,29)19-4-2-3-18(13-19)23-20(26)14-25-11-9-17(10-12-25)24-21(27)15-5-7-16(22)8-6-15/h2-8,13,17H,9-12,14H2,1H3,(H,23,26)(H,24,27). The minimum Gasteiger partial charge on any atom is -0.349 e. The molecule has 1 aliphatic rings. The van der Waals surface area contributed by atoms with Gasteiger partial charge in [0.25, 0.3) is 5.91 Å². The molecule has 2 N–H and O–H groups in total. The van der Waals surface area contributed by atoms with Gasteiger partial charge in [-0.1, -0.05) is 6.07 Å². The van der Waals surface area contributed by atoms with Crippen molar-refractivity contribution in [3.63, 3.8) is 0 Å². The third-order valence-corrected chi connectivity index (χ3v) is 6.05. The molecule has 2 aromatic carbocycles. The van der Waals surface area contributed by atoms with E-state index >= 15 is 0 Å². The Bertz CT molecular complexity index is 1020. The molecule has 2 amide bonds. The average Bonchev–Trinajstić information content (AvgIpc) is 2.69. The summed E-state index contributed by atoms with van der Waals surface area (Å²) in [6.07, 6.45) is 2.51. The molecule has 1 saturated heterocycles. The predicted molar refractivity (Wildman–Crippen MR) is 112 cm³/mol. The molecule has 30 heavy (non-hydrogen) atoms. The molecule has 0 aliphatic carbocycles. The third-order valence-electron chi connectivity index (χ3n) is 4.94. The van der Waals surface area contributed by atoms with Crippen molar-refractivity contribution in [3.8, 4) is 0 Å². The maximum atomic E-state index is 13.0. The predicted octanol–water partition coefficient (Wildman–Crippen LogP) is 2.06. The van der Waals surface area contributed by atoms with Crippen LogP contribution in [0.4, 0.5) is 10.1 Å².